The predicted octanol–water partition coefficient (Wildman–Crippen LogP) is 0.820. The maximum Gasteiger partial charge on any atom is 0.384 e. The summed E-state index contributed by atoms with van der Waals surface area (Å²) in [5.41, 5.74) is 0.554. The third-order valence-electron chi connectivity index (χ3n) is 2.72. The lowest BCUT2D eigenvalue weighted by molar-refractivity contribution is 0.0645. The maximum absolute atomic E-state index is 11.4. The zero-order chi connectivity index (χ0) is 14.3. The van der Waals surface area contributed by atoms with E-state index in [0.29, 0.717) is 5.56 Å². The van der Waals surface area contributed by atoms with Crippen LogP contribution in [0.15, 0.2) is 35.5 Å². The molecule has 104 valence electrons. The minimum absolute atomic E-state index is 0.0762. The molecule has 19 heavy (non-hydrogen) atoms. The molecule has 0 bridgehead atoms. The first kappa shape index (κ1) is 14.4. The van der Waals surface area contributed by atoms with Crippen molar-refractivity contribution < 1.29 is 33.5 Å². The molecule has 0 saturated carbocycles. The Morgan fingerprint density at radius 1 is 1.05 bits per heavy atom. The van der Waals surface area contributed by atoms with Crippen molar-refractivity contribution in [1.29, 1.82) is 0 Å². The van der Waals surface area contributed by atoms with E-state index in [1.165, 1.54) is 0 Å². The van der Waals surface area contributed by atoms with Crippen molar-refractivity contribution in [1.82, 2.24) is 0 Å². The van der Waals surface area contributed by atoms with Crippen LogP contribution in [0.4, 0.5) is 0 Å². The van der Waals surface area contributed by atoms with Gasteiger partial charge in [0, 0.05) is 0 Å². The molecule has 0 saturated heterocycles. The molecular weight excluding hydrogens is 296 g/mol. The van der Waals surface area contributed by atoms with Gasteiger partial charge in [-0.1, -0.05) is 35.5 Å². The molecule has 10 heteroatoms. The summed E-state index contributed by atoms with van der Waals surface area (Å²) < 4.78 is 22.8. The fourth-order valence-corrected chi connectivity index (χ4v) is 4.04. The molecule has 1 aliphatic rings. The normalized spacial score (nSPS) is 18.8. The number of hydrogen-bond donors (Lipinski definition) is 4. The Balaban J connectivity index is 2.41. The largest absolute Gasteiger partial charge is 0.384 e. The lowest BCUT2D eigenvalue weighted by atomic mass is 10.1. The van der Waals surface area contributed by atoms with Gasteiger partial charge in [-0.15, -0.1) is 0 Å². The molecule has 4 N–H and O–H groups in total. The summed E-state index contributed by atoms with van der Waals surface area (Å²) in [6.45, 7) is 0. The number of benzene rings is 1. The summed E-state index contributed by atoms with van der Waals surface area (Å²) in [4.78, 5) is 41.3. The van der Waals surface area contributed by atoms with E-state index in [1.807, 2.05) is 0 Å². The Labute approximate surface area is 108 Å². The highest BCUT2D eigenvalue weighted by molar-refractivity contribution is 7.72. The van der Waals surface area contributed by atoms with Crippen molar-refractivity contribution in [3.05, 3.63) is 35.9 Å². The van der Waals surface area contributed by atoms with E-state index in [9.17, 15) is 28.7 Å². The molecule has 0 atom stereocenters. The van der Waals surface area contributed by atoms with E-state index >= 15 is 0 Å². The van der Waals surface area contributed by atoms with Gasteiger partial charge in [0.15, 0.2) is 0 Å². The highest BCUT2D eigenvalue weighted by atomic mass is 31.2. The molecule has 1 aromatic carbocycles. The van der Waals surface area contributed by atoms with Gasteiger partial charge in [0.05, 0.1) is 12.1 Å². The minimum Gasteiger partial charge on any atom is -0.362 e. The van der Waals surface area contributed by atoms with Gasteiger partial charge in [-0.05, 0) is 5.56 Å². The van der Waals surface area contributed by atoms with Gasteiger partial charge in [-0.3, -0.25) is 9.13 Å². The molecule has 1 aromatic rings. The molecule has 0 amide bonds. The summed E-state index contributed by atoms with van der Waals surface area (Å²) in [5.74, 6) is 0. The number of nitrogens with zero attached hydrogens (tertiary/aromatic N) is 1. The van der Waals surface area contributed by atoms with E-state index in [2.05, 4.69) is 9.99 Å². The molecular formula is C9H11NO7P2. The zero-order valence-electron chi connectivity index (χ0n) is 9.45. The molecule has 8 nitrogen and oxygen atoms in total. The van der Waals surface area contributed by atoms with Crippen LogP contribution in [0.5, 0.6) is 0 Å². The molecule has 0 radical (unpaired) electrons. The van der Waals surface area contributed by atoms with E-state index in [0.717, 1.165) is 0 Å². The number of oxime groups is 1. The van der Waals surface area contributed by atoms with Crippen molar-refractivity contribution in [3.8, 4) is 0 Å². The Bertz CT molecular complexity index is 580. The van der Waals surface area contributed by atoms with Crippen LogP contribution in [0.25, 0.3) is 0 Å². The number of hydrogen-bond acceptors (Lipinski definition) is 4. The molecule has 0 aliphatic carbocycles. The Morgan fingerprint density at radius 2 is 1.58 bits per heavy atom. The van der Waals surface area contributed by atoms with E-state index < -0.39 is 26.7 Å². The van der Waals surface area contributed by atoms with Gasteiger partial charge >= 0.3 is 20.3 Å². The van der Waals surface area contributed by atoms with E-state index in [-0.39, 0.29) is 5.71 Å². The summed E-state index contributed by atoms with van der Waals surface area (Å²) in [6, 6.07) is 8.23. The highest BCUT2D eigenvalue weighted by Crippen LogP contribution is 2.72. The lowest BCUT2D eigenvalue weighted by Gasteiger charge is -2.27. The van der Waals surface area contributed by atoms with Crippen LogP contribution in [-0.4, -0.2) is 30.4 Å². The Morgan fingerprint density at radius 3 is 2.00 bits per heavy atom. The lowest BCUT2D eigenvalue weighted by Crippen LogP contribution is -2.29. The fraction of sp³-hybridized carbons (Fsp3) is 0.222. The van der Waals surface area contributed by atoms with Crippen LogP contribution in [0, 0.1) is 0 Å². The molecule has 2 rings (SSSR count). The van der Waals surface area contributed by atoms with Crippen molar-refractivity contribution in [2.24, 2.45) is 5.16 Å². The van der Waals surface area contributed by atoms with Crippen LogP contribution in [0.3, 0.4) is 0 Å². The zero-order valence-corrected chi connectivity index (χ0v) is 11.2. The standard InChI is InChI=1S/C9H11NO7P2/c11-18(12,13)9(19(14,15)16)6-8(10-17-9)7-4-2-1-3-5-7/h1-5H,6H2,(H2,11,12,13)(H2,14,15,16). The van der Waals surface area contributed by atoms with Gasteiger partial charge in [0.2, 0.25) is 0 Å². The van der Waals surface area contributed by atoms with E-state index in [4.69, 9.17) is 0 Å². The second-order valence-electron chi connectivity index (χ2n) is 4.00. The van der Waals surface area contributed by atoms with Gasteiger partial charge in [-0.2, -0.15) is 0 Å². The average molecular weight is 307 g/mol. The van der Waals surface area contributed by atoms with Crippen molar-refractivity contribution >= 4 is 20.9 Å². The van der Waals surface area contributed by atoms with Gasteiger partial charge in [0.1, 0.15) is 0 Å². The number of rotatable bonds is 3. The maximum atomic E-state index is 11.4. The second-order valence-corrected chi connectivity index (χ2v) is 7.98. The topological polar surface area (TPSA) is 137 Å². The molecule has 0 aromatic heterocycles. The Hall–Kier alpha value is -1.01. The van der Waals surface area contributed by atoms with Crippen LogP contribution in [0.1, 0.15) is 12.0 Å². The molecule has 0 fully saturated rings. The minimum atomic E-state index is -5.22. The van der Waals surface area contributed by atoms with Gasteiger partial charge < -0.3 is 24.4 Å². The Kier molecular flexibility index (Phi) is 3.43. The van der Waals surface area contributed by atoms with Crippen molar-refractivity contribution in [2.75, 3.05) is 0 Å². The quantitative estimate of drug-likeness (QED) is 0.607. The third-order valence-corrected chi connectivity index (χ3v) is 6.58. The van der Waals surface area contributed by atoms with Crippen LogP contribution < -0.4 is 0 Å². The monoisotopic (exact) mass is 307 g/mol. The fourth-order valence-electron chi connectivity index (χ4n) is 1.68. The van der Waals surface area contributed by atoms with E-state index in [1.54, 1.807) is 30.3 Å². The van der Waals surface area contributed by atoms with Crippen LogP contribution in [-0.2, 0) is 14.0 Å². The molecule has 0 unspecified atom stereocenters. The van der Waals surface area contributed by atoms with Crippen molar-refractivity contribution in [2.45, 2.75) is 11.5 Å². The molecule has 1 heterocycles. The third kappa shape index (κ3) is 2.39. The second kappa shape index (κ2) is 4.52. The summed E-state index contributed by atoms with van der Waals surface area (Å²) in [7, 11) is -10.4. The van der Waals surface area contributed by atoms with Gasteiger partial charge in [-0.25, -0.2) is 0 Å². The highest BCUT2D eigenvalue weighted by Gasteiger charge is 2.66. The first-order valence-corrected chi connectivity index (χ1v) is 8.32. The summed E-state index contributed by atoms with van der Waals surface area (Å²) in [5, 5.41) is 0.499. The SMILES string of the molecule is O=P(O)(O)C1(P(=O)(O)O)CC(c2ccccc2)=NO1. The first-order valence-electron chi connectivity index (χ1n) is 5.09. The first-order chi connectivity index (χ1) is 8.67. The average Bonchev–Trinajstić information content (AvgIpc) is 2.75. The predicted molar refractivity (Wildman–Crippen MR) is 65.5 cm³/mol. The summed E-state index contributed by atoms with van der Waals surface area (Å²) >= 11 is 0. The van der Waals surface area contributed by atoms with Crippen LogP contribution >= 0.6 is 15.2 Å². The van der Waals surface area contributed by atoms with Gasteiger partial charge in [0.25, 0.3) is 0 Å². The smallest absolute Gasteiger partial charge is 0.362 e. The van der Waals surface area contributed by atoms with Crippen LogP contribution in [0.2, 0.25) is 0 Å². The summed E-state index contributed by atoms with van der Waals surface area (Å²) in [6.07, 6.45) is -0.661. The molecule has 1 aliphatic heterocycles. The molecule has 0 spiro atoms. The van der Waals surface area contributed by atoms with Crippen molar-refractivity contribution in [3.63, 3.8) is 0 Å².